The minimum atomic E-state index is -1.27. The number of carbonyl (C=O) groups excluding carboxylic acids is 3. The molecular formula is C25H23ClN2O7. The van der Waals surface area contributed by atoms with Crippen molar-refractivity contribution >= 4 is 35.1 Å². The second-order valence-electron chi connectivity index (χ2n) is 7.16. The van der Waals surface area contributed by atoms with Crippen LogP contribution in [0.2, 0.25) is 5.02 Å². The van der Waals surface area contributed by atoms with E-state index in [-0.39, 0.29) is 22.1 Å². The molecule has 0 aromatic heterocycles. The first-order valence-electron chi connectivity index (χ1n) is 10.3. The summed E-state index contributed by atoms with van der Waals surface area (Å²) in [5, 5.41) is 2.73. The van der Waals surface area contributed by atoms with Crippen molar-refractivity contribution in [1.82, 2.24) is 0 Å². The number of nitrogens with two attached hydrogens (primary N) is 1. The van der Waals surface area contributed by atoms with Crippen molar-refractivity contribution in [2.75, 3.05) is 26.1 Å². The molecule has 0 bridgehead atoms. The van der Waals surface area contributed by atoms with Gasteiger partial charge in [0, 0.05) is 17.3 Å². The van der Waals surface area contributed by atoms with Gasteiger partial charge in [0.2, 0.25) is 6.10 Å². The Kier molecular flexibility index (Phi) is 8.53. The molecule has 0 aliphatic rings. The molecule has 0 aliphatic carbocycles. The topological polar surface area (TPSA) is 126 Å². The van der Waals surface area contributed by atoms with Gasteiger partial charge in [0.15, 0.2) is 18.1 Å². The molecule has 0 saturated carbocycles. The predicted molar refractivity (Wildman–Crippen MR) is 129 cm³/mol. The first kappa shape index (κ1) is 25.4. The van der Waals surface area contributed by atoms with Crippen molar-refractivity contribution in [3.63, 3.8) is 0 Å². The first-order valence-corrected chi connectivity index (χ1v) is 10.7. The van der Waals surface area contributed by atoms with E-state index >= 15 is 0 Å². The van der Waals surface area contributed by atoms with E-state index < -0.39 is 30.5 Å². The van der Waals surface area contributed by atoms with Crippen LogP contribution >= 0.6 is 11.6 Å². The molecule has 182 valence electrons. The molecule has 10 heteroatoms. The van der Waals surface area contributed by atoms with Crippen LogP contribution in [0.5, 0.6) is 17.2 Å². The van der Waals surface area contributed by atoms with Crippen LogP contribution in [0.25, 0.3) is 0 Å². The summed E-state index contributed by atoms with van der Waals surface area (Å²) >= 11 is 6.24. The van der Waals surface area contributed by atoms with Gasteiger partial charge in [-0.05, 0) is 24.3 Å². The van der Waals surface area contributed by atoms with E-state index in [9.17, 15) is 14.4 Å². The molecular weight excluding hydrogens is 476 g/mol. The number of carbonyl (C=O) groups is 3. The summed E-state index contributed by atoms with van der Waals surface area (Å²) in [6.07, 6.45) is -1.27. The Morgan fingerprint density at radius 1 is 0.971 bits per heavy atom. The average molecular weight is 499 g/mol. The number of methoxy groups -OCH3 is 2. The highest BCUT2D eigenvalue weighted by Gasteiger charge is 2.27. The second kappa shape index (κ2) is 11.8. The maximum absolute atomic E-state index is 13.1. The number of hydrogen-bond acceptors (Lipinski definition) is 7. The summed E-state index contributed by atoms with van der Waals surface area (Å²) in [6.45, 7) is -0.430. The number of amides is 2. The third-order valence-electron chi connectivity index (χ3n) is 4.73. The number of anilines is 1. The molecule has 0 fully saturated rings. The smallest absolute Gasteiger partial charge is 0.339 e. The zero-order valence-electron chi connectivity index (χ0n) is 18.9. The molecule has 0 spiro atoms. The van der Waals surface area contributed by atoms with Gasteiger partial charge in [0.05, 0.1) is 24.8 Å². The quantitative estimate of drug-likeness (QED) is 0.407. The molecule has 35 heavy (non-hydrogen) atoms. The summed E-state index contributed by atoms with van der Waals surface area (Å²) in [5.41, 5.74) is 6.03. The Bertz CT molecular complexity index is 1220. The zero-order chi connectivity index (χ0) is 25.4. The van der Waals surface area contributed by atoms with Gasteiger partial charge in [0.25, 0.3) is 11.8 Å². The molecule has 1 atom stereocenters. The van der Waals surface area contributed by atoms with E-state index in [1.165, 1.54) is 26.4 Å². The number of ether oxygens (including phenoxy) is 4. The van der Waals surface area contributed by atoms with Crippen LogP contribution in [0.3, 0.4) is 0 Å². The van der Waals surface area contributed by atoms with Crippen LogP contribution in [0.15, 0.2) is 66.7 Å². The van der Waals surface area contributed by atoms with E-state index in [2.05, 4.69) is 5.32 Å². The van der Waals surface area contributed by atoms with Gasteiger partial charge in [-0.25, -0.2) is 4.79 Å². The minimum Gasteiger partial charge on any atom is -0.497 e. The second-order valence-corrected chi connectivity index (χ2v) is 7.57. The van der Waals surface area contributed by atoms with E-state index in [4.69, 9.17) is 36.3 Å². The molecule has 1 unspecified atom stereocenters. The third kappa shape index (κ3) is 6.64. The average Bonchev–Trinajstić information content (AvgIpc) is 2.86. The van der Waals surface area contributed by atoms with Crippen LogP contribution in [-0.4, -0.2) is 38.6 Å². The molecule has 0 radical (unpaired) electrons. The standard InChI is InChI=1S/C25H23ClN2O7/c1-32-18-10-6-9-17(13-18)28-24(30)22(15-7-4-3-5-8-15)35-25(31)16-11-19(26)23(20(12-16)33-2)34-14-21(27)29/h3-13,22H,14H2,1-2H3,(H2,27,29)(H,28,30). The van der Waals surface area contributed by atoms with Gasteiger partial charge < -0.3 is 30.0 Å². The summed E-state index contributed by atoms with van der Waals surface area (Å²) in [4.78, 5) is 37.2. The summed E-state index contributed by atoms with van der Waals surface area (Å²) in [5.74, 6) is -1.43. The van der Waals surface area contributed by atoms with E-state index in [0.29, 0.717) is 17.0 Å². The molecule has 2 amide bonds. The van der Waals surface area contributed by atoms with E-state index in [1.54, 1.807) is 54.6 Å². The Balaban J connectivity index is 1.87. The van der Waals surface area contributed by atoms with Crippen molar-refractivity contribution in [1.29, 1.82) is 0 Å². The summed E-state index contributed by atoms with van der Waals surface area (Å²) in [7, 11) is 2.85. The normalized spacial score (nSPS) is 11.2. The number of rotatable bonds is 10. The molecule has 0 heterocycles. The number of esters is 1. The van der Waals surface area contributed by atoms with Crippen molar-refractivity contribution in [3.05, 3.63) is 82.9 Å². The fraction of sp³-hybridized carbons (Fsp3) is 0.160. The highest BCUT2D eigenvalue weighted by Crippen LogP contribution is 2.37. The van der Waals surface area contributed by atoms with Crippen molar-refractivity contribution in [2.45, 2.75) is 6.10 Å². The number of benzene rings is 3. The van der Waals surface area contributed by atoms with Gasteiger partial charge in [-0.3, -0.25) is 9.59 Å². The van der Waals surface area contributed by atoms with E-state index in [1.807, 2.05) is 0 Å². The molecule has 3 N–H and O–H groups in total. The lowest BCUT2D eigenvalue weighted by molar-refractivity contribution is -0.125. The van der Waals surface area contributed by atoms with Gasteiger partial charge in [-0.1, -0.05) is 48.0 Å². The SMILES string of the molecule is COc1cccc(NC(=O)C(OC(=O)c2cc(Cl)c(OCC(N)=O)c(OC)c2)c2ccccc2)c1. The predicted octanol–water partition coefficient (Wildman–Crippen LogP) is 3.76. The molecule has 3 rings (SSSR count). The first-order chi connectivity index (χ1) is 16.8. The minimum absolute atomic E-state index is 0.00496. The third-order valence-corrected chi connectivity index (χ3v) is 5.01. The lowest BCUT2D eigenvalue weighted by Gasteiger charge is -2.19. The Morgan fingerprint density at radius 2 is 1.71 bits per heavy atom. The van der Waals surface area contributed by atoms with Gasteiger partial charge in [0.1, 0.15) is 5.75 Å². The highest BCUT2D eigenvalue weighted by molar-refractivity contribution is 6.32. The Hall–Kier alpha value is -4.24. The lowest BCUT2D eigenvalue weighted by Crippen LogP contribution is -2.26. The monoisotopic (exact) mass is 498 g/mol. The van der Waals surface area contributed by atoms with Crippen molar-refractivity contribution in [3.8, 4) is 17.2 Å². The maximum Gasteiger partial charge on any atom is 0.339 e. The number of halogens is 1. The lowest BCUT2D eigenvalue weighted by atomic mass is 10.1. The summed E-state index contributed by atoms with van der Waals surface area (Å²) < 4.78 is 21.3. The number of hydrogen-bond donors (Lipinski definition) is 2. The zero-order valence-corrected chi connectivity index (χ0v) is 19.7. The van der Waals surface area contributed by atoms with Gasteiger partial charge in [-0.2, -0.15) is 0 Å². The fourth-order valence-electron chi connectivity index (χ4n) is 3.11. The Labute approximate surface area is 206 Å². The number of primary amides is 1. The highest BCUT2D eigenvalue weighted by atomic mass is 35.5. The van der Waals surface area contributed by atoms with Crippen LogP contribution < -0.4 is 25.3 Å². The van der Waals surface area contributed by atoms with Crippen LogP contribution in [-0.2, 0) is 14.3 Å². The van der Waals surface area contributed by atoms with E-state index in [0.717, 1.165) is 0 Å². The van der Waals surface area contributed by atoms with Gasteiger partial charge >= 0.3 is 5.97 Å². The van der Waals surface area contributed by atoms with Crippen LogP contribution in [0.1, 0.15) is 22.0 Å². The molecule has 3 aromatic carbocycles. The van der Waals surface area contributed by atoms with Crippen LogP contribution in [0, 0.1) is 0 Å². The van der Waals surface area contributed by atoms with Crippen LogP contribution in [0.4, 0.5) is 5.69 Å². The molecule has 3 aromatic rings. The Morgan fingerprint density at radius 3 is 2.37 bits per heavy atom. The van der Waals surface area contributed by atoms with Gasteiger partial charge in [-0.15, -0.1) is 0 Å². The maximum atomic E-state index is 13.1. The van der Waals surface area contributed by atoms with Crippen molar-refractivity contribution in [2.24, 2.45) is 5.73 Å². The summed E-state index contributed by atoms with van der Waals surface area (Å²) in [6, 6.07) is 17.9. The van der Waals surface area contributed by atoms with Crippen molar-refractivity contribution < 1.29 is 33.3 Å². The molecule has 0 aliphatic heterocycles. The number of nitrogens with one attached hydrogen (secondary N) is 1. The largest absolute Gasteiger partial charge is 0.497 e. The molecule has 9 nitrogen and oxygen atoms in total. The molecule has 0 saturated heterocycles. The fourth-order valence-corrected chi connectivity index (χ4v) is 3.37.